The summed E-state index contributed by atoms with van der Waals surface area (Å²) < 4.78 is 0. The van der Waals surface area contributed by atoms with Crippen molar-refractivity contribution in [2.24, 2.45) is 0 Å². The number of piperidine rings is 1. The molecule has 1 aliphatic heterocycles. The molecule has 22 heavy (non-hydrogen) atoms. The highest BCUT2D eigenvalue weighted by molar-refractivity contribution is 5.94. The van der Waals surface area contributed by atoms with E-state index in [9.17, 15) is 4.79 Å². The molecule has 1 saturated heterocycles. The zero-order valence-corrected chi connectivity index (χ0v) is 13.4. The second kappa shape index (κ2) is 7.77. The maximum absolute atomic E-state index is 12.4. The topological polar surface area (TPSA) is 41.1 Å². The normalized spacial score (nSPS) is 23.2. The van der Waals surface area contributed by atoms with Crippen LogP contribution in [0.4, 0.5) is 0 Å². The van der Waals surface area contributed by atoms with Crippen LogP contribution >= 0.6 is 0 Å². The Morgan fingerprint density at radius 1 is 1.09 bits per heavy atom. The van der Waals surface area contributed by atoms with E-state index < -0.39 is 0 Å². The summed E-state index contributed by atoms with van der Waals surface area (Å²) >= 11 is 0. The fourth-order valence-corrected chi connectivity index (χ4v) is 3.74. The molecular formula is C19H28N2O. The smallest absolute Gasteiger partial charge is 0.251 e. The van der Waals surface area contributed by atoms with Crippen LogP contribution in [0.1, 0.15) is 67.3 Å². The van der Waals surface area contributed by atoms with Crippen molar-refractivity contribution in [2.45, 2.75) is 69.9 Å². The van der Waals surface area contributed by atoms with E-state index in [0.29, 0.717) is 12.1 Å². The van der Waals surface area contributed by atoms with Crippen molar-refractivity contribution in [3.63, 3.8) is 0 Å². The first-order valence-electron chi connectivity index (χ1n) is 8.94. The Bertz CT molecular complexity index is 488. The van der Waals surface area contributed by atoms with Gasteiger partial charge in [0.15, 0.2) is 0 Å². The molecule has 0 bridgehead atoms. The van der Waals surface area contributed by atoms with E-state index in [-0.39, 0.29) is 5.91 Å². The van der Waals surface area contributed by atoms with Crippen molar-refractivity contribution < 1.29 is 4.79 Å². The second-order valence-electron chi connectivity index (χ2n) is 6.86. The molecule has 3 nitrogen and oxygen atoms in total. The molecule has 1 aromatic carbocycles. The lowest BCUT2D eigenvalue weighted by Crippen LogP contribution is -2.36. The molecule has 0 radical (unpaired) electrons. The first-order chi connectivity index (χ1) is 10.8. The molecule has 0 spiro atoms. The molecule has 0 aromatic heterocycles. The molecule has 2 aliphatic rings. The van der Waals surface area contributed by atoms with Crippen LogP contribution in [0.15, 0.2) is 24.3 Å². The molecule has 1 amide bonds. The van der Waals surface area contributed by atoms with Crippen LogP contribution in [0.2, 0.25) is 0 Å². The van der Waals surface area contributed by atoms with Crippen LogP contribution < -0.4 is 10.6 Å². The van der Waals surface area contributed by atoms with Gasteiger partial charge in [0.25, 0.3) is 5.91 Å². The molecule has 1 aromatic rings. The minimum absolute atomic E-state index is 0.102. The Kier molecular flexibility index (Phi) is 5.49. The molecule has 1 atom stereocenters. The van der Waals surface area contributed by atoms with Crippen molar-refractivity contribution in [3.05, 3.63) is 35.4 Å². The van der Waals surface area contributed by atoms with Crippen molar-refractivity contribution in [3.8, 4) is 0 Å². The third-order valence-corrected chi connectivity index (χ3v) is 5.02. The maximum atomic E-state index is 12.4. The number of carbonyl (C=O) groups is 1. The minimum atomic E-state index is 0.102. The van der Waals surface area contributed by atoms with Gasteiger partial charge in [-0.2, -0.15) is 0 Å². The summed E-state index contributed by atoms with van der Waals surface area (Å²) in [7, 11) is 0. The van der Waals surface area contributed by atoms with E-state index in [1.54, 1.807) is 0 Å². The number of carbonyl (C=O) groups excluding carboxylic acids is 1. The van der Waals surface area contributed by atoms with Crippen LogP contribution in [0.3, 0.4) is 0 Å². The Hall–Kier alpha value is -1.35. The van der Waals surface area contributed by atoms with Crippen LogP contribution in [-0.2, 0) is 6.42 Å². The van der Waals surface area contributed by atoms with E-state index in [1.165, 1.54) is 44.1 Å². The standard InChI is InChI=1S/C19H28N2O/c22-19(21-17-9-2-1-3-10-17)16-8-6-7-15(13-16)14-18-11-4-5-12-20-18/h6-8,13,17-18,20H,1-5,9-12,14H2,(H,21,22)/t18-/m0/s1. The highest BCUT2D eigenvalue weighted by Crippen LogP contribution is 2.18. The first-order valence-corrected chi connectivity index (χ1v) is 8.94. The van der Waals surface area contributed by atoms with Crippen LogP contribution in [0.5, 0.6) is 0 Å². The molecule has 2 N–H and O–H groups in total. The third-order valence-electron chi connectivity index (χ3n) is 5.02. The molecule has 1 saturated carbocycles. The summed E-state index contributed by atoms with van der Waals surface area (Å²) in [5.41, 5.74) is 2.09. The zero-order chi connectivity index (χ0) is 15.2. The van der Waals surface area contributed by atoms with Gasteiger partial charge in [0.2, 0.25) is 0 Å². The van der Waals surface area contributed by atoms with Crippen LogP contribution in [0.25, 0.3) is 0 Å². The van der Waals surface area contributed by atoms with Gasteiger partial charge in [0.1, 0.15) is 0 Å². The van der Waals surface area contributed by atoms with Crippen molar-refractivity contribution in [1.29, 1.82) is 0 Å². The van der Waals surface area contributed by atoms with Crippen molar-refractivity contribution in [2.75, 3.05) is 6.54 Å². The summed E-state index contributed by atoms with van der Waals surface area (Å²) in [6.45, 7) is 1.13. The summed E-state index contributed by atoms with van der Waals surface area (Å²) in [4.78, 5) is 12.4. The van der Waals surface area contributed by atoms with Crippen LogP contribution in [0, 0.1) is 0 Å². The summed E-state index contributed by atoms with van der Waals surface area (Å²) in [5, 5.41) is 6.79. The van der Waals surface area contributed by atoms with Gasteiger partial charge in [-0.15, -0.1) is 0 Å². The van der Waals surface area contributed by atoms with E-state index in [0.717, 1.165) is 31.4 Å². The van der Waals surface area contributed by atoms with Gasteiger partial charge in [-0.25, -0.2) is 0 Å². The molecule has 1 aliphatic carbocycles. The van der Waals surface area contributed by atoms with E-state index in [2.05, 4.69) is 22.8 Å². The number of rotatable bonds is 4. The lowest BCUT2D eigenvalue weighted by atomic mass is 9.94. The first kappa shape index (κ1) is 15.5. The highest BCUT2D eigenvalue weighted by atomic mass is 16.1. The zero-order valence-electron chi connectivity index (χ0n) is 13.4. The Morgan fingerprint density at radius 3 is 2.68 bits per heavy atom. The van der Waals surface area contributed by atoms with Crippen molar-refractivity contribution in [1.82, 2.24) is 10.6 Å². The highest BCUT2D eigenvalue weighted by Gasteiger charge is 2.17. The molecule has 3 heteroatoms. The molecular weight excluding hydrogens is 272 g/mol. The van der Waals surface area contributed by atoms with Gasteiger partial charge in [0, 0.05) is 17.6 Å². The quantitative estimate of drug-likeness (QED) is 0.894. The van der Waals surface area contributed by atoms with E-state index >= 15 is 0 Å². The van der Waals surface area contributed by atoms with Crippen molar-refractivity contribution >= 4 is 5.91 Å². The fraction of sp³-hybridized carbons (Fsp3) is 0.632. The predicted octanol–water partition coefficient (Wildman–Crippen LogP) is 3.43. The lowest BCUT2D eigenvalue weighted by molar-refractivity contribution is 0.0927. The van der Waals surface area contributed by atoms with Gasteiger partial charge >= 0.3 is 0 Å². The average Bonchev–Trinajstić information content (AvgIpc) is 2.57. The van der Waals surface area contributed by atoms with Gasteiger partial charge < -0.3 is 10.6 Å². The molecule has 3 rings (SSSR count). The number of nitrogens with one attached hydrogen (secondary N) is 2. The Balaban J connectivity index is 1.58. The van der Waals surface area contributed by atoms with E-state index in [4.69, 9.17) is 0 Å². The molecule has 0 unspecified atom stereocenters. The Labute approximate surface area is 133 Å². The number of amides is 1. The summed E-state index contributed by atoms with van der Waals surface area (Å²) in [6, 6.07) is 9.14. The largest absolute Gasteiger partial charge is 0.349 e. The molecule has 120 valence electrons. The SMILES string of the molecule is O=C(NC1CCCCC1)c1cccc(C[C@@H]2CCCCN2)c1. The average molecular weight is 300 g/mol. The number of hydrogen-bond acceptors (Lipinski definition) is 2. The predicted molar refractivity (Wildman–Crippen MR) is 90.1 cm³/mol. The van der Waals surface area contributed by atoms with Gasteiger partial charge in [-0.1, -0.05) is 37.8 Å². The summed E-state index contributed by atoms with van der Waals surface area (Å²) in [5.74, 6) is 0.102. The van der Waals surface area contributed by atoms with E-state index in [1.807, 2.05) is 12.1 Å². The Morgan fingerprint density at radius 2 is 1.91 bits per heavy atom. The van der Waals surface area contributed by atoms with Gasteiger partial charge in [0.05, 0.1) is 0 Å². The molecule has 1 heterocycles. The van der Waals surface area contributed by atoms with Gasteiger partial charge in [-0.05, 0) is 56.3 Å². The van der Waals surface area contributed by atoms with Crippen LogP contribution in [-0.4, -0.2) is 24.5 Å². The number of hydrogen-bond donors (Lipinski definition) is 2. The third kappa shape index (κ3) is 4.33. The second-order valence-corrected chi connectivity index (χ2v) is 6.86. The monoisotopic (exact) mass is 300 g/mol. The van der Waals surface area contributed by atoms with Gasteiger partial charge in [-0.3, -0.25) is 4.79 Å². The maximum Gasteiger partial charge on any atom is 0.251 e. The molecule has 2 fully saturated rings. The minimum Gasteiger partial charge on any atom is -0.349 e. The summed E-state index contributed by atoms with van der Waals surface area (Å²) in [6.07, 6.45) is 11.0. The fourth-order valence-electron chi connectivity index (χ4n) is 3.74. The number of benzene rings is 1. The lowest BCUT2D eigenvalue weighted by Gasteiger charge is -2.24.